The van der Waals surface area contributed by atoms with Crippen LogP contribution in [0.1, 0.15) is 0 Å². The van der Waals surface area contributed by atoms with E-state index in [1.54, 1.807) is 18.5 Å². The van der Waals surface area contributed by atoms with Gasteiger partial charge in [0, 0.05) is 23.8 Å². The second-order valence-corrected chi connectivity index (χ2v) is 2.45. The van der Waals surface area contributed by atoms with Gasteiger partial charge in [0.1, 0.15) is 0 Å². The van der Waals surface area contributed by atoms with Crippen LogP contribution in [0.3, 0.4) is 0 Å². The molecule has 4 heteroatoms. The quantitative estimate of drug-likeness (QED) is 0.667. The van der Waals surface area contributed by atoms with Crippen molar-refractivity contribution in [1.29, 1.82) is 0 Å². The van der Waals surface area contributed by atoms with Gasteiger partial charge in [-0.15, -0.1) is 0 Å². The molecule has 0 spiro atoms. The highest BCUT2D eigenvalue weighted by molar-refractivity contribution is 5.87. The number of hydrogen-bond acceptors (Lipinski definition) is 3. The molecule has 2 rings (SSSR count). The summed E-state index contributed by atoms with van der Waals surface area (Å²) in [4.78, 5) is 6.67. The summed E-state index contributed by atoms with van der Waals surface area (Å²) in [6, 6.07) is 1.68. The Labute approximate surface area is 68.8 Å². The largest absolute Gasteiger partial charge is 0.494 e. The number of nitrogens with one attached hydrogen (secondary N) is 1. The molecule has 2 heterocycles. The van der Waals surface area contributed by atoms with Crippen molar-refractivity contribution in [3.63, 3.8) is 0 Å². The van der Waals surface area contributed by atoms with Crippen LogP contribution in [-0.4, -0.2) is 22.2 Å². The first-order valence-corrected chi connectivity index (χ1v) is 3.51. The van der Waals surface area contributed by atoms with Crippen molar-refractivity contribution in [2.24, 2.45) is 0 Å². The second-order valence-electron chi connectivity index (χ2n) is 2.45. The molecular weight excluding hydrogens is 156 g/mol. The van der Waals surface area contributed by atoms with Crippen molar-refractivity contribution in [3.05, 3.63) is 18.5 Å². The first kappa shape index (κ1) is 6.97. The number of aromatic amines is 1. The fourth-order valence-corrected chi connectivity index (χ4v) is 1.10. The molecule has 0 radical (unpaired) electrons. The van der Waals surface area contributed by atoms with Gasteiger partial charge in [0.05, 0.1) is 12.5 Å². The molecule has 2 aromatic rings. The number of pyridine rings is 1. The maximum Gasteiger partial charge on any atom is 0.213 e. The zero-order valence-electron chi connectivity index (χ0n) is 6.53. The van der Waals surface area contributed by atoms with Crippen molar-refractivity contribution in [1.82, 2.24) is 9.97 Å². The number of rotatable bonds is 1. The van der Waals surface area contributed by atoms with E-state index in [1.807, 2.05) is 0 Å². The van der Waals surface area contributed by atoms with Crippen molar-refractivity contribution in [3.8, 4) is 11.8 Å². The van der Waals surface area contributed by atoms with E-state index in [9.17, 15) is 5.11 Å². The van der Waals surface area contributed by atoms with Gasteiger partial charge in [0.25, 0.3) is 0 Å². The highest BCUT2D eigenvalue weighted by atomic mass is 16.5. The zero-order valence-corrected chi connectivity index (χ0v) is 6.53. The lowest BCUT2D eigenvalue weighted by molar-refractivity contribution is 0.398. The lowest BCUT2D eigenvalue weighted by Crippen LogP contribution is -1.84. The summed E-state index contributed by atoms with van der Waals surface area (Å²) in [7, 11) is 1.54. The fraction of sp³-hybridized carbons (Fsp3) is 0.125. The van der Waals surface area contributed by atoms with Gasteiger partial charge in [-0.1, -0.05) is 0 Å². The van der Waals surface area contributed by atoms with Crippen LogP contribution in [0.15, 0.2) is 18.5 Å². The van der Waals surface area contributed by atoms with E-state index in [0.717, 1.165) is 10.8 Å². The fourth-order valence-electron chi connectivity index (χ4n) is 1.10. The van der Waals surface area contributed by atoms with Gasteiger partial charge in [-0.2, -0.15) is 0 Å². The lowest BCUT2D eigenvalue weighted by atomic mass is 10.3. The summed E-state index contributed by atoms with van der Waals surface area (Å²) in [6.07, 6.45) is 3.33. The highest BCUT2D eigenvalue weighted by Crippen LogP contribution is 2.25. The molecule has 0 bridgehead atoms. The molecule has 0 aliphatic rings. The number of aromatic nitrogens is 2. The molecule has 0 aliphatic carbocycles. The maximum atomic E-state index is 9.29. The number of fused-ring (bicyclic) bond motifs is 1. The van der Waals surface area contributed by atoms with Gasteiger partial charge in [0.15, 0.2) is 5.88 Å². The minimum absolute atomic E-state index is 0.144. The van der Waals surface area contributed by atoms with Crippen molar-refractivity contribution in [2.75, 3.05) is 7.11 Å². The molecule has 0 fully saturated rings. The van der Waals surface area contributed by atoms with Gasteiger partial charge in [-0.05, 0) is 0 Å². The van der Waals surface area contributed by atoms with Crippen LogP contribution in [0.2, 0.25) is 0 Å². The van der Waals surface area contributed by atoms with E-state index in [2.05, 4.69) is 9.97 Å². The second kappa shape index (κ2) is 2.41. The predicted octanol–water partition coefficient (Wildman–Crippen LogP) is 1.28. The molecule has 12 heavy (non-hydrogen) atoms. The Hall–Kier alpha value is -1.71. The third-order valence-electron chi connectivity index (χ3n) is 1.74. The molecule has 2 aromatic heterocycles. The van der Waals surface area contributed by atoms with Gasteiger partial charge < -0.3 is 14.8 Å². The van der Waals surface area contributed by atoms with Crippen LogP contribution in [-0.2, 0) is 0 Å². The van der Waals surface area contributed by atoms with Gasteiger partial charge in [-0.25, -0.2) is 4.98 Å². The molecule has 0 saturated carbocycles. The molecule has 0 saturated heterocycles. The normalized spacial score (nSPS) is 10.4. The Kier molecular flexibility index (Phi) is 1.40. The molecule has 0 aliphatic heterocycles. The number of H-pyrrole nitrogens is 1. The van der Waals surface area contributed by atoms with E-state index < -0.39 is 0 Å². The Balaban J connectivity index is 2.71. The number of aromatic hydroxyl groups is 1. The number of hydrogen-bond donors (Lipinski definition) is 2. The monoisotopic (exact) mass is 164 g/mol. The Morgan fingerprint density at radius 1 is 1.58 bits per heavy atom. The van der Waals surface area contributed by atoms with E-state index in [0.29, 0.717) is 5.88 Å². The Bertz CT molecular complexity index is 408. The highest BCUT2D eigenvalue weighted by Gasteiger charge is 2.03. The summed E-state index contributed by atoms with van der Waals surface area (Å²) in [5, 5.41) is 10.9. The molecular formula is C8H8N2O2. The van der Waals surface area contributed by atoms with Gasteiger partial charge >= 0.3 is 0 Å². The minimum Gasteiger partial charge on any atom is -0.494 e. The molecule has 0 unspecified atom stereocenters. The SMILES string of the molecule is COc1cc2c(O)[nH]cc2cn1. The van der Waals surface area contributed by atoms with Crippen LogP contribution < -0.4 is 4.74 Å². The summed E-state index contributed by atoms with van der Waals surface area (Å²) in [5.41, 5.74) is 0. The standard InChI is InChI=1S/C8H8N2O2/c1-12-7-2-6-5(3-9-7)4-10-8(6)11/h2-4,10-11H,1H3. The van der Waals surface area contributed by atoms with E-state index >= 15 is 0 Å². The summed E-state index contributed by atoms with van der Waals surface area (Å²) < 4.78 is 4.91. The third-order valence-corrected chi connectivity index (χ3v) is 1.74. The molecule has 62 valence electrons. The van der Waals surface area contributed by atoms with Crippen LogP contribution in [0, 0.1) is 0 Å². The van der Waals surface area contributed by atoms with Gasteiger partial charge in [-0.3, -0.25) is 0 Å². The Morgan fingerprint density at radius 3 is 3.17 bits per heavy atom. The maximum absolute atomic E-state index is 9.29. The van der Waals surface area contributed by atoms with E-state index in [-0.39, 0.29) is 5.88 Å². The molecule has 0 aromatic carbocycles. The average Bonchev–Trinajstić information content (AvgIpc) is 2.47. The molecule has 0 amide bonds. The van der Waals surface area contributed by atoms with Crippen LogP contribution in [0.25, 0.3) is 10.8 Å². The average molecular weight is 164 g/mol. The molecule has 2 N–H and O–H groups in total. The van der Waals surface area contributed by atoms with E-state index in [1.165, 1.54) is 7.11 Å². The number of ether oxygens (including phenoxy) is 1. The first-order chi connectivity index (χ1) is 5.81. The lowest BCUT2D eigenvalue weighted by Gasteiger charge is -1.96. The van der Waals surface area contributed by atoms with Gasteiger partial charge in [0.2, 0.25) is 5.88 Å². The summed E-state index contributed by atoms with van der Waals surface area (Å²) in [5.74, 6) is 0.642. The topological polar surface area (TPSA) is 58.1 Å². The van der Waals surface area contributed by atoms with E-state index in [4.69, 9.17) is 4.74 Å². The van der Waals surface area contributed by atoms with Crippen LogP contribution in [0.4, 0.5) is 0 Å². The first-order valence-electron chi connectivity index (χ1n) is 3.51. The summed E-state index contributed by atoms with van der Waals surface area (Å²) in [6.45, 7) is 0. The third kappa shape index (κ3) is 0.887. The zero-order chi connectivity index (χ0) is 8.55. The predicted molar refractivity (Wildman–Crippen MR) is 44.3 cm³/mol. The summed E-state index contributed by atoms with van der Waals surface area (Å²) >= 11 is 0. The van der Waals surface area contributed by atoms with Crippen LogP contribution in [0.5, 0.6) is 11.8 Å². The van der Waals surface area contributed by atoms with Crippen molar-refractivity contribution >= 4 is 10.8 Å². The smallest absolute Gasteiger partial charge is 0.213 e. The molecule has 4 nitrogen and oxygen atoms in total. The number of methoxy groups -OCH3 is 1. The van der Waals surface area contributed by atoms with Crippen LogP contribution >= 0.6 is 0 Å². The van der Waals surface area contributed by atoms with Crippen molar-refractivity contribution < 1.29 is 9.84 Å². The molecule has 0 atom stereocenters. The number of nitrogens with zero attached hydrogens (tertiary/aromatic N) is 1. The minimum atomic E-state index is 0.144. The Morgan fingerprint density at radius 2 is 2.42 bits per heavy atom. The van der Waals surface area contributed by atoms with Crippen molar-refractivity contribution in [2.45, 2.75) is 0 Å².